The first-order chi connectivity index (χ1) is 15.6. The molecule has 2 aliphatic heterocycles. The molecule has 1 N–H and O–H groups in total. The molecule has 4 heterocycles. The number of imidazole rings is 1. The third kappa shape index (κ3) is 3.80. The third-order valence-corrected chi connectivity index (χ3v) is 7.05. The van der Waals surface area contributed by atoms with Gasteiger partial charge in [0.25, 0.3) is 11.8 Å². The highest BCUT2D eigenvalue weighted by Gasteiger charge is 2.42. The molecule has 2 amide bonds. The van der Waals surface area contributed by atoms with Crippen LogP contribution in [0, 0.1) is 17.0 Å². The lowest BCUT2D eigenvalue weighted by atomic mass is 10.1. The highest BCUT2D eigenvalue weighted by Crippen LogP contribution is 2.36. The van der Waals surface area contributed by atoms with E-state index in [0.29, 0.717) is 16.4 Å². The number of halogens is 2. The maximum atomic E-state index is 14.9. The van der Waals surface area contributed by atoms with Gasteiger partial charge < -0.3 is 9.47 Å². The Balaban J connectivity index is 1.54. The summed E-state index contributed by atoms with van der Waals surface area (Å²) in [4.78, 5) is 36.8. The number of hydrogen-bond donors (Lipinski definition) is 1. The molecule has 162 valence electrons. The second-order valence-electron chi connectivity index (χ2n) is 7.32. The second kappa shape index (κ2) is 8.84. The second-order valence-corrected chi connectivity index (χ2v) is 9.90. The van der Waals surface area contributed by atoms with Gasteiger partial charge in [-0.2, -0.15) is 0 Å². The predicted molar refractivity (Wildman–Crippen MR) is 129 cm³/mol. The minimum atomic E-state index is -0.994. The van der Waals surface area contributed by atoms with Gasteiger partial charge in [-0.05, 0) is 39.2 Å². The zero-order valence-corrected chi connectivity index (χ0v) is 20.3. The number of hydrogen-bond acceptors (Lipinski definition) is 6. The van der Waals surface area contributed by atoms with Crippen molar-refractivity contribution >= 4 is 58.4 Å². The number of fused-ring (bicyclic) bond motifs is 2. The van der Waals surface area contributed by atoms with Gasteiger partial charge in [-0.1, -0.05) is 5.92 Å². The monoisotopic (exact) mass is 579 g/mol. The highest BCUT2D eigenvalue weighted by molar-refractivity contribution is 14.2. The number of amides is 2. The zero-order chi connectivity index (χ0) is 22.2. The topological polar surface area (TPSA) is 80.1 Å². The third-order valence-electron chi connectivity index (χ3n) is 5.52. The molecule has 2 aromatic heterocycles. The van der Waals surface area contributed by atoms with Crippen molar-refractivity contribution in [1.82, 2.24) is 19.4 Å². The minimum Gasteiger partial charge on any atom is -0.334 e. The van der Waals surface area contributed by atoms with Crippen LogP contribution in [0.25, 0.3) is 0 Å². The Labute approximate surface area is 203 Å². The van der Waals surface area contributed by atoms with E-state index in [4.69, 9.17) is 0 Å². The molecule has 0 saturated carbocycles. The summed E-state index contributed by atoms with van der Waals surface area (Å²) in [5.74, 6) is 1.50. The van der Waals surface area contributed by atoms with Crippen LogP contribution in [0.1, 0.15) is 45.3 Å². The molecule has 2 aliphatic rings. The number of nitrogens with one attached hydrogen (secondary N) is 1. The van der Waals surface area contributed by atoms with Crippen LogP contribution in [0.15, 0.2) is 30.0 Å². The van der Waals surface area contributed by atoms with E-state index in [9.17, 15) is 14.0 Å². The quantitative estimate of drug-likeness (QED) is 0.371. The number of anilines is 1. The summed E-state index contributed by atoms with van der Waals surface area (Å²) in [5.41, 5.74) is 2.38. The molecule has 32 heavy (non-hydrogen) atoms. The van der Waals surface area contributed by atoms with E-state index in [1.807, 2.05) is 25.8 Å². The van der Waals surface area contributed by atoms with E-state index >= 15 is 0 Å². The largest absolute Gasteiger partial charge is 0.334 e. The van der Waals surface area contributed by atoms with E-state index < -0.39 is 23.7 Å². The molecular weight excluding hydrogens is 564 g/mol. The number of carbonyl (C=O) groups excluding carboxylic acids is 2. The SMILES string of the molecule is O=C(Nc1nccs1)C(c1ncn2c1CCC2)N1Cc2c(F)cc(C#CSI)cc2C1=O. The fourth-order valence-corrected chi connectivity index (χ4v) is 5.17. The number of aromatic nitrogens is 3. The summed E-state index contributed by atoms with van der Waals surface area (Å²) in [7, 11) is 1.28. The number of aryl methyl sites for hydroxylation is 1. The molecule has 0 radical (unpaired) electrons. The molecule has 11 heteroatoms. The Kier molecular flexibility index (Phi) is 5.92. The summed E-state index contributed by atoms with van der Waals surface area (Å²) in [6, 6.07) is 1.93. The Bertz CT molecular complexity index is 1280. The molecule has 0 bridgehead atoms. The van der Waals surface area contributed by atoms with Crippen LogP contribution in [0.5, 0.6) is 0 Å². The van der Waals surface area contributed by atoms with Crippen molar-refractivity contribution in [3.8, 4) is 11.2 Å². The number of thiazole rings is 1. The average molecular weight is 579 g/mol. The van der Waals surface area contributed by atoms with Gasteiger partial charge in [0.1, 0.15) is 5.82 Å². The van der Waals surface area contributed by atoms with Crippen molar-refractivity contribution in [3.63, 3.8) is 0 Å². The number of carbonyl (C=O) groups is 2. The van der Waals surface area contributed by atoms with Crippen molar-refractivity contribution < 1.29 is 14.0 Å². The Morgan fingerprint density at radius 1 is 1.38 bits per heavy atom. The number of benzene rings is 1. The van der Waals surface area contributed by atoms with Gasteiger partial charge in [-0.15, -0.1) is 11.3 Å². The van der Waals surface area contributed by atoms with Gasteiger partial charge in [0, 0.05) is 61.7 Å². The first-order valence-corrected chi connectivity index (χ1v) is 14.0. The van der Waals surface area contributed by atoms with Crippen LogP contribution in [-0.4, -0.2) is 31.2 Å². The molecule has 0 fully saturated rings. The molecule has 1 unspecified atom stereocenters. The van der Waals surface area contributed by atoms with Gasteiger partial charge >= 0.3 is 0 Å². The lowest BCUT2D eigenvalue weighted by Gasteiger charge is -2.26. The van der Waals surface area contributed by atoms with Gasteiger partial charge in [0.15, 0.2) is 11.2 Å². The summed E-state index contributed by atoms with van der Waals surface area (Å²) in [5, 5.41) is 7.77. The Morgan fingerprint density at radius 3 is 3.03 bits per heavy atom. The molecule has 1 aromatic carbocycles. The van der Waals surface area contributed by atoms with E-state index in [2.05, 4.69) is 26.5 Å². The molecule has 0 aliphatic carbocycles. The van der Waals surface area contributed by atoms with E-state index in [-0.39, 0.29) is 17.7 Å². The average Bonchev–Trinajstić information content (AvgIpc) is 3.55. The van der Waals surface area contributed by atoms with Crippen LogP contribution in [0.4, 0.5) is 9.52 Å². The maximum Gasteiger partial charge on any atom is 0.255 e. The first-order valence-electron chi connectivity index (χ1n) is 9.73. The lowest BCUT2D eigenvalue weighted by molar-refractivity contribution is -0.121. The van der Waals surface area contributed by atoms with E-state index in [0.717, 1.165) is 25.1 Å². The van der Waals surface area contributed by atoms with Gasteiger partial charge in [0.2, 0.25) is 0 Å². The number of nitrogens with zero attached hydrogens (tertiary/aromatic N) is 4. The molecule has 7 nitrogen and oxygen atoms in total. The summed E-state index contributed by atoms with van der Waals surface area (Å²) >= 11 is 3.31. The fourth-order valence-electron chi connectivity index (χ4n) is 4.15. The summed E-state index contributed by atoms with van der Waals surface area (Å²) in [6.45, 7) is 0.805. The molecule has 0 spiro atoms. The van der Waals surface area contributed by atoms with E-state index in [1.165, 1.54) is 31.2 Å². The molecule has 1 atom stereocenters. The van der Waals surface area contributed by atoms with Gasteiger partial charge in [-0.25, -0.2) is 14.4 Å². The van der Waals surface area contributed by atoms with Gasteiger partial charge in [0.05, 0.1) is 18.6 Å². The summed E-state index contributed by atoms with van der Waals surface area (Å²) < 4.78 is 16.9. The first kappa shape index (κ1) is 21.4. The van der Waals surface area contributed by atoms with Crippen molar-refractivity contribution in [2.45, 2.75) is 32.0 Å². The van der Waals surface area contributed by atoms with Gasteiger partial charge in [-0.3, -0.25) is 14.9 Å². The molecule has 5 rings (SSSR count). The highest BCUT2D eigenvalue weighted by atomic mass is 127. The Morgan fingerprint density at radius 2 is 2.25 bits per heavy atom. The molecular formula is C21H15FIN5O2S2. The summed E-state index contributed by atoms with van der Waals surface area (Å²) in [6.07, 6.45) is 5.01. The normalized spacial score (nSPS) is 15.2. The van der Waals surface area contributed by atoms with Crippen LogP contribution >= 0.6 is 41.5 Å². The van der Waals surface area contributed by atoms with Crippen molar-refractivity contribution in [2.24, 2.45) is 0 Å². The standard InChI is InChI=1S/C21H15FIN5O2S2/c22-15-9-12(3-6-32-23)8-13-14(15)10-28(20(13)30)18(19(29)26-21-24-4-7-31-21)17-16-2-1-5-27(16)11-25-17/h4,7-9,11,18H,1-2,5,10H2,(H,24,26,29). The Hall–Kier alpha value is -2.43. The van der Waals surface area contributed by atoms with Crippen LogP contribution < -0.4 is 5.32 Å². The predicted octanol–water partition coefficient (Wildman–Crippen LogP) is 4.15. The van der Waals surface area contributed by atoms with Crippen molar-refractivity contribution in [3.05, 3.63) is 63.9 Å². The van der Waals surface area contributed by atoms with Crippen LogP contribution in [-0.2, 0) is 24.3 Å². The van der Waals surface area contributed by atoms with Crippen molar-refractivity contribution in [2.75, 3.05) is 5.32 Å². The van der Waals surface area contributed by atoms with Crippen molar-refractivity contribution in [1.29, 1.82) is 0 Å². The fraction of sp³-hybridized carbons (Fsp3) is 0.238. The molecule has 3 aromatic rings. The molecule has 0 saturated heterocycles. The maximum absolute atomic E-state index is 14.9. The number of rotatable bonds is 4. The van der Waals surface area contributed by atoms with Crippen LogP contribution in [0.2, 0.25) is 0 Å². The zero-order valence-electron chi connectivity index (χ0n) is 16.5. The smallest absolute Gasteiger partial charge is 0.255 e. The van der Waals surface area contributed by atoms with E-state index in [1.54, 1.807) is 24.0 Å². The van der Waals surface area contributed by atoms with Crippen LogP contribution in [0.3, 0.4) is 0 Å². The minimum absolute atomic E-state index is 0.0169. The lowest BCUT2D eigenvalue weighted by Crippen LogP contribution is -2.38.